The van der Waals surface area contributed by atoms with Crippen LogP contribution in [0.1, 0.15) is 41.0 Å². The van der Waals surface area contributed by atoms with Gasteiger partial charge in [-0.3, -0.25) is 9.89 Å². The number of nitrogens with one attached hydrogen (secondary N) is 2. The van der Waals surface area contributed by atoms with Crippen molar-refractivity contribution in [3.8, 4) is 0 Å². The van der Waals surface area contributed by atoms with Crippen LogP contribution in [0.3, 0.4) is 0 Å². The Kier molecular flexibility index (Phi) is 3.32. The minimum absolute atomic E-state index is 0.109. The summed E-state index contributed by atoms with van der Waals surface area (Å²) in [6.45, 7) is 3.52. The minimum Gasteiger partial charge on any atom is -0.336 e. The predicted molar refractivity (Wildman–Crippen MR) is 68.6 cm³/mol. The largest absolute Gasteiger partial charge is 0.336 e. The van der Waals surface area contributed by atoms with Gasteiger partial charge in [0.25, 0.3) is 5.91 Å². The summed E-state index contributed by atoms with van der Waals surface area (Å²) in [7, 11) is 0. The molecule has 1 aromatic rings. The van der Waals surface area contributed by atoms with Crippen LogP contribution in [-0.2, 0) is 12.8 Å². The number of carbonyl (C=O) groups excluding carboxylic acids is 1. The number of fused-ring (bicyclic) bond motifs is 1. The zero-order chi connectivity index (χ0) is 12.4. The van der Waals surface area contributed by atoms with Gasteiger partial charge in [-0.15, -0.1) is 0 Å². The molecule has 0 radical (unpaired) electrons. The lowest BCUT2D eigenvalue weighted by Gasteiger charge is -2.20. The van der Waals surface area contributed by atoms with Crippen LogP contribution in [-0.4, -0.2) is 47.2 Å². The van der Waals surface area contributed by atoms with E-state index in [1.165, 1.54) is 24.1 Å². The summed E-state index contributed by atoms with van der Waals surface area (Å²) in [5.74, 6) is 0.109. The zero-order valence-corrected chi connectivity index (χ0v) is 10.7. The van der Waals surface area contributed by atoms with E-state index in [1.54, 1.807) is 0 Å². The van der Waals surface area contributed by atoms with Crippen LogP contribution in [0.5, 0.6) is 0 Å². The minimum atomic E-state index is 0.109. The predicted octanol–water partition coefficient (Wildman–Crippen LogP) is 0.724. The fraction of sp³-hybridized carbons (Fsp3) is 0.692. The number of rotatable bonds is 1. The Bertz CT molecular complexity index is 432. The SMILES string of the molecule is O=C(c1n[nH]c2c1CCCC2)N1CCCNCC1. The fourth-order valence-electron chi connectivity index (χ4n) is 2.86. The Balaban J connectivity index is 1.80. The molecule has 1 saturated heterocycles. The van der Waals surface area contributed by atoms with E-state index in [9.17, 15) is 4.79 Å². The molecule has 1 aliphatic carbocycles. The van der Waals surface area contributed by atoms with E-state index in [2.05, 4.69) is 15.5 Å². The van der Waals surface area contributed by atoms with Gasteiger partial charge in [0.15, 0.2) is 5.69 Å². The van der Waals surface area contributed by atoms with E-state index in [4.69, 9.17) is 0 Å². The lowest BCUT2D eigenvalue weighted by Crippen LogP contribution is -2.35. The summed E-state index contributed by atoms with van der Waals surface area (Å²) in [6, 6.07) is 0. The van der Waals surface area contributed by atoms with Gasteiger partial charge in [0, 0.05) is 30.9 Å². The molecule has 1 aliphatic heterocycles. The molecule has 1 amide bonds. The number of hydrogen-bond acceptors (Lipinski definition) is 3. The summed E-state index contributed by atoms with van der Waals surface area (Å²) in [5.41, 5.74) is 3.02. The number of H-pyrrole nitrogens is 1. The quantitative estimate of drug-likeness (QED) is 0.770. The highest BCUT2D eigenvalue weighted by Crippen LogP contribution is 2.23. The van der Waals surface area contributed by atoms with Crippen molar-refractivity contribution < 1.29 is 4.79 Å². The van der Waals surface area contributed by atoms with Gasteiger partial charge in [-0.1, -0.05) is 0 Å². The highest BCUT2D eigenvalue weighted by atomic mass is 16.2. The number of nitrogens with zero attached hydrogens (tertiary/aromatic N) is 2. The van der Waals surface area contributed by atoms with Gasteiger partial charge in [-0.25, -0.2) is 0 Å². The van der Waals surface area contributed by atoms with Crippen LogP contribution in [0.4, 0.5) is 0 Å². The number of amides is 1. The molecule has 5 heteroatoms. The third-order valence-electron chi connectivity index (χ3n) is 3.89. The van der Waals surface area contributed by atoms with E-state index < -0.39 is 0 Å². The van der Waals surface area contributed by atoms with Gasteiger partial charge in [-0.2, -0.15) is 5.10 Å². The third kappa shape index (κ3) is 2.14. The van der Waals surface area contributed by atoms with Crippen LogP contribution in [0, 0.1) is 0 Å². The van der Waals surface area contributed by atoms with Crippen molar-refractivity contribution in [3.05, 3.63) is 17.0 Å². The van der Waals surface area contributed by atoms with Gasteiger partial charge >= 0.3 is 0 Å². The standard InChI is InChI=1S/C13H20N4O/c18-13(17-8-3-6-14-7-9-17)12-10-4-1-2-5-11(10)15-16-12/h14H,1-9H2,(H,15,16). The van der Waals surface area contributed by atoms with Crippen LogP contribution >= 0.6 is 0 Å². The van der Waals surface area contributed by atoms with Crippen molar-refractivity contribution in [2.75, 3.05) is 26.2 Å². The summed E-state index contributed by atoms with van der Waals surface area (Å²) >= 11 is 0. The van der Waals surface area contributed by atoms with Crippen molar-refractivity contribution in [1.82, 2.24) is 20.4 Å². The molecule has 1 fully saturated rings. The summed E-state index contributed by atoms with van der Waals surface area (Å²) in [4.78, 5) is 14.4. The maximum absolute atomic E-state index is 12.5. The van der Waals surface area contributed by atoms with E-state index in [0.29, 0.717) is 5.69 Å². The molecule has 0 aromatic carbocycles. The molecular weight excluding hydrogens is 228 g/mol. The molecule has 2 aliphatic rings. The van der Waals surface area contributed by atoms with Crippen molar-refractivity contribution in [3.63, 3.8) is 0 Å². The molecule has 18 heavy (non-hydrogen) atoms. The number of hydrogen-bond donors (Lipinski definition) is 2. The third-order valence-corrected chi connectivity index (χ3v) is 3.89. The number of aryl methyl sites for hydroxylation is 1. The average Bonchev–Trinajstić information content (AvgIpc) is 2.65. The van der Waals surface area contributed by atoms with Gasteiger partial charge in [0.05, 0.1) is 0 Å². The fourth-order valence-corrected chi connectivity index (χ4v) is 2.86. The van der Waals surface area contributed by atoms with Gasteiger partial charge in [0.1, 0.15) is 0 Å². The summed E-state index contributed by atoms with van der Waals surface area (Å²) in [5, 5.41) is 10.6. The van der Waals surface area contributed by atoms with Crippen LogP contribution < -0.4 is 5.32 Å². The molecule has 3 rings (SSSR count). The Morgan fingerprint density at radius 2 is 2.00 bits per heavy atom. The van der Waals surface area contributed by atoms with Crippen molar-refractivity contribution >= 4 is 5.91 Å². The van der Waals surface area contributed by atoms with Gasteiger partial charge < -0.3 is 10.2 Å². The maximum atomic E-state index is 12.5. The second kappa shape index (κ2) is 5.10. The first-order valence-corrected chi connectivity index (χ1v) is 6.92. The number of carbonyl (C=O) groups is 1. The maximum Gasteiger partial charge on any atom is 0.274 e. The molecule has 0 atom stereocenters. The molecule has 1 aromatic heterocycles. The van der Waals surface area contributed by atoms with E-state index in [1.807, 2.05) is 4.90 Å². The lowest BCUT2D eigenvalue weighted by molar-refractivity contribution is 0.0759. The van der Waals surface area contributed by atoms with E-state index >= 15 is 0 Å². The average molecular weight is 248 g/mol. The summed E-state index contributed by atoms with van der Waals surface area (Å²) < 4.78 is 0. The molecule has 0 spiro atoms. The Labute approximate surface area is 107 Å². The lowest BCUT2D eigenvalue weighted by atomic mass is 9.95. The van der Waals surface area contributed by atoms with Crippen LogP contribution in [0.15, 0.2) is 0 Å². The molecule has 0 bridgehead atoms. The number of aromatic amines is 1. The van der Waals surface area contributed by atoms with Gasteiger partial charge in [0.2, 0.25) is 0 Å². The molecular formula is C13H20N4O. The topological polar surface area (TPSA) is 61.0 Å². The number of aromatic nitrogens is 2. The second-order valence-corrected chi connectivity index (χ2v) is 5.13. The van der Waals surface area contributed by atoms with E-state index in [-0.39, 0.29) is 5.91 Å². The monoisotopic (exact) mass is 248 g/mol. The second-order valence-electron chi connectivity index (χ2n) is 5.13. The molecule has 5 nitrogen and oxygen atoms in total. The van der Waals surface area contributed by atoms with Crippen molar-refractivity contribution in [2.45, 2.75) is 32.1 Å². The van der Waals surface area contributed by atoms with Crippen molar-refractivity contribution in [1.29, 1.82) is 0 Å². The Morgan fingerprint density at radius 1 is 1.11 bits per heavy atom. The molecule has 2 N–H and O–H groups in total. The zero-order valence-electron chi connectivity index (χ0n) is 10.7. The van der Waals surface area contributed by atoms with Crippen LogP contribution in [0.2, 0.25) is 0 Å². The molecule has 0 unspecified atom stereocenters. The first kappa shape index (κ1) is 11.7. The highest BCUT2D eigenvalue weighted by molar-refractivity contribution is 5.94. The highest BCUT2D eigenvalue weighted by Gasteiger charge is 2.25. The summed E-state index contributed by atoms with van der Waals surface area (Å²) in [6.07, 6.45) is 5.44. The smallest absolute Gasteiger partial charge is 0.274 e. The van der Waals surface area contributed by atoms with Gasteiger partial charge in [-0.05, 0) is 38.6 Å². The molecule has 2 heterocycles. The first-order valence-electron chi connectivity index (χ1n) is 6.92. The van der Waals surface area contributed by atoms with Crippen LogP contribution in [0.25, 0.3) is 0 Å². The molecule has 98 valence electrons. The van der Waals surface area contributed by atoms with E-state index in [0.717, 1.165) is 45.4 Å². The first-order chi connectivity index (χ1) is 8.86. The molecule has 0 saturated carbocycles. The normalized spacial score (nSPS) is 20.3. The van der Waals surface area contributed by atoms with Crippen molar-refractivity contribution in [2.24, 2.45) is 0 Å². The Morgan fingerprint density at radius 3 is 2.94 bits per heavy atom. The Hall–Kier alpha value is -1.36.